The molecule has 0 aliphatic rings. The van der Waals surface area contributed by atoms with Gasteiger partial charge >= 0.3 is 5.97 Å². The van der Waals surface area contributed by atoms with Crippen molar-refractivity contribution in [2.24, 2.45) is 0 Å². The zero-order valence-corrected chi connectivity index (χ0v) is 10.6. The summed E-state index contributed by atoms with van der Waals surface area (Å²) in [6.07, 6.45) is 6.44. The third kappa shape index (κ3) is 3.91. The van der Waals surface area contributed by atoms with Gasteiger partial charge in [0.1, 0.15) is 6.04 Å². The number of hydrogen-bond acceptors (Lipinski definition) is 4. The van der Waals surface area contributed by atoms with Crippen molar-refractivity contribution in [3.63, 3.8) is 0 Å². The molecule has 1 amide bonds. The van der Waals surface area contributed by atoms with Crippen molar-refractivity contribution >= 4 is 11.9 Å². The molecule has 2 aromatic rings. The van der Waals surface area contributed by atoms with Crippen molar-refractivity contribution in [1.82, 2.24) is 20.3 Å². The third-order valence-corrected chi connectivity index (χ3v) is 2.70. The standard InChI is InChI=1S/C13H14N4O3/c18-12(4-9-2-1-3-14-6-9)17-11(13(19)20)5-10-7-15-8-16-10/h1-3,6-8,11H,4-5H2,(H,15,16)(H,17,18)(H,19,20). The Bertz CT molecular complexity index is 569. The number of carbonyl (C=O) groups excluding carboxylic acids is 1. The number of aliphatic carboxylic acids is 1. The Balaban J connectivity index is 1.94. The van der Waals surface area contributed by atoms with Crippen LogP contribution in [0.15, 0.2) is 37.1 Å². The largest absolute Gasteiger partial charge is 0.480 e. The van der Waals surface area contributed by atoms with Crippen LogP contribution in [-0.4, -0.2) is 38.0 Å². The Morgan fingerprint density at radius 1 is 1.35 bits per heavy atom. The zero-order chi connectivity index (χ0) is 14.4. The molecule has 0 spiro atoms. The van der Waals surface area contributed by atoms with E-state index in [1.54, 1.807) is 24.5 Å². The minimum absolute atomic E-state index is 0.0978. The van der Waals surface area contributed by atoms with E-state index in [0.717, 1.165) is 5.56 Å². The summed E-state index contributed by atoms with van der Waals surface area (Å²) in [7, 11) is 0. The maximum Gasteiger partial charge on any atom is 0.326 e. The lowest BCUT2D eigenvalue weighted by Gasteiger charge is -2.13. The quantitative estimate of drug-likeness (QED) is 0.695. The normalized spacial score (nSPS) is 11.8. The summed E-state index contributed by atoms with van der Waals surface area (Å²) >= 11 is 0. The van der Waals surface area contributed by atoms with Crippen molar-refractivity contribution in [2.75, 3.05) is 0 Å². The first-order chi connectivity index (χ1) is 9.65. The molecule has 0 aromatic carbocycles. The molecule has 0 bridgehead atoms. The number of rotatable bonds is 6. The monoisotopic (exact) mass is 274 g/mol. The third-order valence-electron chi connectivity index (χ3n) is 2.70. The fourth-order valence-electron chi connectivity index (χ4n) is 1.75. The molecule has 0 fully saturated rings. The SMILES string of the molecule is O=C(Cc1cccnc1)NC(Cc1cnc[nH]1)C(=O)O. The lowest BCUT2D eigenvalue weighted by Crippen LogP contribution is -2.43. The van der Waals surface area contributed by atoms with Crippen LogP contribution in [0.25, 0.3) is 0 Å². The fraction of sp³-hybridized carbons (Fsp3) is 0.231. The molecule has 2 rings (SSSR count). The second-order valence-electron chi connectivity index (χ2n) is 4.28. The number of pyridine rings is 1. The molecule has 0 saturated carbocycles. The van der Waals surface area contributed by atoms with Gasteiger partial charge in [0.2, 0.25) is 5.91 Å². The average molecular weight is 274 g/mol. The lowest BCUT2D eigenvalue weighted by molar-refractivity contribution is -0.141. The number of carboxylic acid groups (broad SMARTS) is 1. The molecule has 3 N–H and O–H groups in total. The van der Waals surface area contributed by atoms with E-state index >= 15 is 0 Å². The van der Waals surface area contributed by atoms with Crippen LogP contribution >= 0.6 is 0 Å². The van der Waals surface area contributed by atoms with E-state index in [4.69, 9.17) is 5.11 Å². The van der Waals surface area contributed by atoms with Gasteiger partial charge in [-0.05, 0) is 11.6 Å². The van der Waals surface area contributed by atoms with Gasteiger partial charge in [0.15, 0.2) is 0 Å². The summed E-state index contributed by atoms with van der Waals surface area (Å²) in [5.41, 5.74) is 1.38. The highest BCUT2D eigenvalue weighted by Crippen LogP contribution is 2.01. The summed E-state index contributed by atoms with van der Waals surface area (Å²) in [6.45, 7) is 0. The molecule has 20 heavy (non-hydrogen) atoms. The van der Waals surface area contributed by atoms with Crippen LogP contribution in [0.5, 0.6) is 0 Å². The van der Waals surface area contributed by atoms with E-state index in [1.165, 1.54) is 12.5 Å². The predicted octanol–water partition coefficient (Wildman–Crippen LogP) is 0.159. The van der Waals surface area contributed by atoms with E-state index in [-0.39, 0.29) is 18.7 Å². The van der Waals surface area contributed by atoms with Crippen molar-refractivity contribution in [3.8, 4) is 0 Å². The molecule has 2 aromatic heterocycles. The molecule has 0 aliphatic carbocycles. The minimum atomic E-state index is -1.08. The maximum atomic E-state index is 11.8. The molecule has 7 nitrogen and oxygen atoms in total. The number of nitrogens with zero attached hydrogens (tertiary/aromatic N) is 2. The number of H-pyrrole nitrogens is 1. The first kappa shape index (κ1) is 13.7. The van der Waals surface area contributed by atoms with Gasteiger partial charge in [-0.15, -0.1) is 0 Å². The van der Waals surface area contributed by atoms with Crippen LogP contribution < -0.4 is 5.32 Å². The van der Waals surface area contributed by atoms with Gasteiger partial charge < -0.3 is 15.4 Å². The van der Waals surface area contributed by atoms with E-state index in [9.17, 15) is 9.59 Å². The Morgan fingerprint density at radius 3 is 2.80 bits per heavy atom. The Labute approximate surface area is 115 Å². The number of nitrogens with one attached hydrogen (secondary N) is 2. The first-order valence-corrected chi connectivity index (χ1v) is 6.03. The molecular formula is C13H14N4O3. The average Bonchev–Trinajstić information content (AvgIpc) is 2.92. The number of carbonyl (C=O) groups is 2. The first-order valence-electron chi connectivity index (χ1n) is 6.03. The molecule has 2 heterocycles. The summed E-state index contributed by atoms with van der Waals surface area (Å²) in [4.78, 5) is 33.5. The zero-order valence-electron chi connectivity index (χ0n) is 10.6. The number of aromatic nitrogens is 3. The van der Waals surface area contributed by atoms with E-state index in [0.29, 0.717) is 5.69 Å². The maximum absolute atomic E-state index is 11.8. The van der Waals surface area contributed by atoms with Crippen LogP contribution in [0, 0.1) is 0 Å². The van der Waals surface area contributed by atoms with Gasteiger partial charge in [-0.25, -0.2) is 9.78 Å². The summed E-state index contributed by atoms with van der Waals surface area (Å²) in [6, 6.07) is 2.50. The highest BCUT2D eigenvalue weighted by atomic mass is 16.4. The Morgan fingerprint density at radius 2 is 2.20 bits per heavy atom. The summed E-state index contributed by atoms with van der Waals surface area (Å²) in [5, 5.41) is 11.6. The second kappa shape index (κ2) is 6.46. The number of amides is 1. The molecule has 7 heteroatoms. The number of imidazole rings is 1. The van der Waals surface area contributed by atoms with Crippen LogP contribution in [0.2, 0.25) is 0 Å². The fourth-order valence-corrected chi connectivity index (χ4v) is 1.75. The van der Waals surface area contributed by atoms with Crippen molar-refractivity contribution < 1.29 is 14.7 Å². The molecule has 0 saturated heterocycles. The topological polar surface area (TPSA) is 108 Å². The van der Waals surface area contributed by atoms with Crippen LogP contribution in [0.3, 0.4) is 0 Å². The minimum Gasteiger partial charge on any atom is -0.480 e. The second-order valence-corrected chi connectivity index (χ2v) is 4.28. The summed E-state index contributed by atoms with van der Waals surface area (Å²) in [5.74, 6) is -1.44. The molecule has 0 aliphatic heterocycles. The van der Waals surface area contributed by atoms with E-state index in [2.05, 4.69) is 20.3 Å². The van der Waals surface area contributed by atoms with E-state index in [1.807, 2.05) is 0 Å². The van der Waals surface area contributed by atoms with E-state index < -0.39 is 12.0 Å². The van der Waals surface area contributed by atoms with Gasteiger partial charge in [0.25, 0.3) is 0 Å². The molecule has 104 valence electrons. The molecule has 1 atom stereocenters. The number of aromatic amines is 1. The van der Waals surface area contributed by atoms with Gasteiger partial charge in [0, 0.05) is 30.7 Å². The van der Waals surface area contributed by atoms with Crippen LogP contribution in [0.4, 0.5) is 0 Å². The molecule has 1 unspecified atom stereocenters. The predicted molar refractivity (Wildman–Crippen MR) is 69.8 cm³/mol. The van der Waals surface area contributed by atoms with Crippen LogP contribution in [0.1, 0.15) is 11.3 Å². The van der Waals surface area contributed by atoms with Crippen molar-refractivity contribution in [3.05, 3.63) is 48.3 Å². The Kier molecular flexibility index (Phi) is 4.43. The van der Waals surface area contributed by atoms with Gasteiger partial charge in [0.05, 0.1) is 12.7 Å². The highest BCUT2D eigenvalue weighted by molar-refractivity contribution is 5.84. The molecular weight excluding hydrogens is 260 g/mol. The lowest BCUT2D eigenvalue weighted by atomic mass is 10.1. The van der Waals surface area contributed by atoms with Crippen LogP contribution in [-0.2, 0) is 22.4 Å². The van der Waals surface area contributed by atoms with Crippen molar-refractivity contribution in [1.29, 1.82) is 0 Å². The number of carboxylic acids is 1. The number of hydrogen-bond donors (Lipinski definition) is 3. The molecule has 0 radical (unpaired) electrons. The van der Waals surface area contributed by atoms with Gasteiger partial charge in [-0.1, -0.05) is 6.07 Å². The van der Waals surface area contributed by atoms with Crippen molar-refractivity contribution in [2.45, 2.75) is 18.9 Å². The highest BCUT2D eigenvalue weighted by Gasteiger charge is 2.21. The Hall–Kier alpha value is -2.70. The van der Waals surface area contributed by atoms with Gasteiger partial charge in [-0.3, -0.25) is 9.78 Å². The smallest absolute Gasteiger partial charge is 0.326 e. The van der Waals surface area contributed by atoms with Gasteiger partial charge in [-0.2, -0.15) is 0 Å². The summed E-state index contributed by atoms with van der Waals surface area (Å²) < 4.78 is 0.